The lowest BCUT2D eigenvalue weighted by Crippen LogP contribution is -2.47. The fourth-order valence-corrected chi connectivity index (χ4v) is 1.00. The zero-order valence-electron chi connectivity index (χ0n) is 6.03. The molecule has 1 aliphatic rings. The maximum atomic E-state index is 12.6. The van der Waals surface area contributed by atoms with E-state index in [2.05, 4.69) is 0 Å². The number of amides is 1. The molecule has 0 unspecified atom stereocenters. The van der Waals surface area contributed by atoms with Gasteiger partial charge in [0.25, 0.3) is 5.92 Å². The molecule has 1 amide bonds. The number of carbonyl (C=O) groups is 1. The molecule has 0 aliphatic heterocycles. The lowest BCUT2D eigenvalue weighted by molar-refractivity contribution is -0.0282. The van der Waals surface area contributed by atoms with Crippen molar-refractivity contribution in [2.45, 2.75) is 31.2 Å². The highest BCUT2D eigenvalue weighted by atomic mass is 19.3. The molecule has 64 valence electrons. The Labute approximate surface area is 62.4 Å². The Morgan fingerprint density at radius 1 is 1.64 bits per heavy atom. The van der Waals surface area contributed by atoms with Gasteiger partial charge in [-0.2, -0.15) is 0 Å². The van der Waals surface area contributed by atoms with Crippen LogP contribution < -0.4 is 5.32 Å². The first-order chi connectivity index (χ1) is 4.87. The summed E-state index contributed by atoms with van der Waals surface area (Å²) in [6.07, 6.45) is -0.935. The quantitative estimate of drug-likeness (QED) is 0.650. The van der Waals surface area contributed by atoms with Crippen molar-refractivity contribution in [2.75, 3.05) is 0 Å². The van der Waals surface area contributed by atoms with Crippen LogP contribution in [0.3, 0.4) is 0 Å². The third-order valence-electron chi connectivity index (χ3n) is 1.94. The van der Waals surface area contributed by atoms with Crippen molar-refractivity contribution in [1.82, 2.24) is 5.32 Å². The van der Waals surface area contributed by atoms with E-state index in [9.17, 15) is 13.6 Å². The monoisotopic (exact) mass is 165 g/mol. The third kappa shape index (κ3) is 1.41. The maximum Gasteiger partial charge on any atom is 0.405 e. The van der Waals surface area contributed by atoms with Gasteiger partial charge >= 0.3 is 6.09 Å². The van der Waals surface area contributed by atoms with Gasteiger partial charge in [-0.3, -0.25) is 0 Å². The van der Waals surface area contributed by atoms with Crippen LogP contribution in [0.25, 0.3) is 0 Å². The van der Waals surface area contributed by atoms with Crippen LogP contribution in [0.1, 0.15) is 19.8 Å². The molecule has 0 aromatic rings. The van der Waals surface area contributed by atoms with Gasteiger partial charge in [-0.05, 0) is 12.8 Å². The number of hydrogen-bond donors (Lipinski definition) is 2. The topological polar surface area (TPSA) is 49.3 Å². The molecule has 1 saturated carbocycles. The van der Waals surface area contributed by atoms with E-state index in [1.54, 1.807) is 0 Å². The van der Waals surface area contributed by atoms with Crippen molar-refractivity contribution in [2.24, 2.45) is 0 Å². The molecular weight excluding hydrogens is 156 g/mol. The molecule has 1 rings (SSSR count). The lowest BCUT2D eigenvalue weighted by atomic mass is 10.1. The smallest absolute Gasteiger partial charge is 0.405 e. The first kappa shape index (κ1) is 8.23. The van der Waals surface area contributed by atoms with Crippen LogP contribution in [0.2, 0.25) is 0 Å². The second kappa shape index (κ2) is 2.06. The van der Waals surface area contributed by atoms with Crippen molar-refractivity contribution in [1.29, 1.82) is 0 Å². The van der Waals surface area contributed by atoms with Crippen LogP contribution in [-0.2, 0) is 0 Å². The van der Waals surface area contributed by atoms with Crippen LogP contribution in [-0.4, -0.2) is 22.7 Å². The second-order valence-corrected chi connectivity index (χ2v) is 2.90. The summed E-state index contributed by atoms with van der Waals surface area (Å²) in [6, 6.07) is 0. The SMILES string of the molecule is CC(F)(F)C1(NC(=O)O)CC1. The number of alkyl halides is 2. The van der Waals surface area contributed by atoms with E-state index in [0.29, 0.717) is 0 Å². The standard InChI is InChI=1S/C6H9F2NO2/c1-5(7,8)6(2-3-6)9-4(10)11/h9H,2-3H2,1H3,(H,10,11). The molecule has 0 radical (unpaired) electrons. The summed E-state index contributed by atoms with van der Waals surface area (Å²) in [4.78, 5) is 10.1. The molecule has 2 N–H and O–H groups in total. The highest BCUT2D eigenvalue weighted by Crippen LogP contribution is 2.47. The van der Waals surface area contributed by atoms with Crippen molar-refractivity contribution in [3.8, 4) is 0 Å². The summed E-state index contributed by atoms with van der Waals surface area (Å²) in [5.74, 6) is -2.95. The van der Waals surface area contributed by atoms with Gasteiger partial charge in [-0.15, -0.1) is 0 Å². The van der Waals surface area contributed by atoms with Crippen molar-refractivity contribution >= 4 is 6.09 Å². The van der Waals surface area contributed by atoms with Gasteiger partial charge in [0.15, 0.2) is 0 Å². The molecule has 0 saturated heterocycles. The van der Waals surface area contributed by atoms with E-state index in [0.717, 1.165) is 6.92 Å². The van der Waals surface area contributed by atoms with Gasteiger partial charge in [0, 0.05) is 6.92 Å². The molecule has 1 fully saturated rings. The Kier molecular flexibility index (Phi) is 1.54. The van der Waals surface area contributed by atoms with Crippen LogP contribution >= 0.6 is 0 Å². The third-order valence-corrected chi connectivity index (χ3v) is 1.94. The highest BCUT2D eigenvalue weighted by Gasteiger charge is 2.60. The number of carboxylic acid groups (broad SMARTS) is 1. The predicted octanol–water partition coefficient (Wildman–Crippen LogP) is 1.44. The fourth-order valence-electron chi connectivity index (χ4n) is 1.00. The Balaban J connectivity index is 2.61. The largest absolute Gasteiger partial charge is 0.465 e. The minimum Gasteiger partial charge on any atom is -0.465 e. The number of nitrogens with one attached hydrogen (secondary N) is 1. The van der Waals surface area contributed by atoms with Crippen LogP contribution in [0, 0.1) is 0 Å². The Bertz CT molecular complexity index is 184. The average molecular weight is 165 g/mol. The summed E-state index contributed by atoms with van der Waals surface area (Å²) in [6.45, 7) is 0.732. The first-order valence-corrected chi connectivity index (χ1v) is 3.26. The molecule has 1 aliphatic carbocycles. The molecule has 0 aromatic heterocycles. The minimum atomic E-state index is -2.95. The van der Waals surface area contributed by atoms with Crippen LogP contribution in [0.5, 0.6) is 0 Å². The fraction of sp³-hybridized carbons (Fsp3) is 0.833. The maximum absolute atomic E-state index is 12.6. The first-order valence-electron chi connectivity index (χ1n) is 3.26. The molecule has 0 aromatic carbocycles. The number of hydrogen-bond acceptors (Lipinski definition) is 1. The van der Waals surface area contributed by atoms with Gasteiger partial charge in [0.2, 0.25) is 0 Å². The van der Waals surface area contributed by atoms with Gasteiger partial charge < -0.3 is 10.4 Å². The lowest BCUT2D eigenvalue weighted by Gasteiger charge is -2.22. The van der Waals surface area contributed by atoms with E-state index in [1.807, 2.05) is 5.32 Å². The minimum absolute atomic E-state index is 0.225. The molecule has 0 atom stereocenters. The Morgan fingerprint density at radius 3 is 2.18 bits per heavy atom. The second-order valence-electron chi connectivity index (χ2n) is 2.90. The zero-order valence-corrected chi connectivity index (χ0v) is 6.03. The van der Waals surface area contributed by atoms with Gasteiger partial charge in [0.1, 0.15) is 5.54 Å². The summed E-state index contributed by atoms with van der Waals surface area (Å²) in [5.41, 5.74) is -1.47. The van der Waals surface area contributed by atoms with Gasteiger partial charge in [0.05, 0.1) is 0 Å². The van der Waals surface area contributed by atoms with Gasteiger partial charge in [-0.25, -0.2) is 13.6 Å². The van der Waals surface area contributed by atoms with Crippen molar-refractivity contribution < 1.29 is 18.7 Å². The molecule has 5 heteroatoms. The molecule has 0 spiro atoms. The summed E-state index contributed by atoms with van der Waals surface area (Å²) >= 11 is 0. The molecule has 3 nitrogen and oxygen atoms in total. The van der Waals surface area contributed by atoms with E-state index in [-0.39, 0.29) is 12.8 Å². The van der Waals surface area contributed by atoms with Crippen molar-refractivity contribution in [3.63, 3.8) is 0 Å². The van der Waals surface area contributed by atoms with Crippen molar-refractivity contribution in [3.05, 3.63) is 0 Å². The average Bonchev–Trinajstić information content (AvgIpc) is 2.42. The van der Waals surface area contributed by atoms with E-state index < -0.39 is 17.6 Å². The number of halogens is 2. The van der Waals surface area contributed by atoms with E-state index in [4.69, 9.17) is 5.11 Å². The van der Waals surface area contributed by atoms with Crippen LogP contribution in [0.15, 0.2) is 0 Å². The Morgan fingerprint density at radius 2 is 2.09 bits per heavy atom. The summed E-state index contributed by atoms with van der Waals surface area (Å²) in [5, 5.41) is 10.0. The van der Waals surface area contributed by atoms with E-state index in [1.165, 1.54) is 0 Å². The zero-order chi connectivity index (χ0) is 8.70. The van der Waals surface area contributed by atoms with Crippen LogP contribution in [0.4, 0.5) is 13.6 Å². The molecule has 0 bridgehead atoms. The highest BCUT2D eigenvalue weighted by molar-refractivity contribution is 5.66. The summed E-state index contributed by atoms with van der Waals surface area (Å²) < 4.78 is 25.2. The Hall–Kier alpha value is -0.870. The molecule has 0 heterocycles. The normalized spacial score (nSPS) is 21.0. The molecule has 11 heavy (non-hydrogen) atoms. The van der Waals surface area contributed by atoms with Gasteiger partial charge in [-0.1, -0.05) is 0 Å². The predicted molar refractivity (Wildman–Crippen MR) is 33.7 cm³/mol. The van der Waals surface area contributed by atoms with E-state index >= 15 is 0 Å². The summed E-state index contributed by atoms with van der Waals surface area (Å²) in [7, 11) is 0. The molecular formula is C6H9F2NO2. The number of rotatable bonds is 2.